The van der Waals surface area contributed by atoms with Gasteiger partial charge in [0.2, 0.25) is 0 Å². The molecule has 6 heteroatoms. The summed E-state index contributed by atoms with van der Waals surface area (Å²) in [6.07, 6.45) is 1.69. The predicted molar refractivity (Wildman–Crippen MR) is 110 cm³/mol. The zero-order valence-electron chi connectivity index (χ0n) is 16.5. The molecule has 0 aromatic heterocycles. The minimum absolute atomic E-state index is 0.156. The van der Waals surface area contributed by atoms with Crippen LogP contribution in [0.2, 0.25) is 5.02 Å². The monoisotopic (exact) mass is 403 g/mol. The first-order valence-corrected chi connectivity index (χ1v) is 9.71. The first-order valence-electron chi connectivity index (χ1n) is 9.34. The number of benzene rings is 2. The van der Waals surface area contributed by atoms with Gasteiger partial charge in [0, 0.05) is 41.3 Å². The van der Waals surface area contributed by atoms with Gasteiger partial charge in [0.15, 0.2) is 0 Å². The minimum Gasteiger partial charge on any atom is -0.496 e. The van der Waals surface area contributed by atoms with E-state index in [-0.39, 0.29) is 11.3 Å². The Balaban J connectivity index is 1.82. The largest absolute Gasteiger partial charge is 0.496 e. The molecule has 28 heavy (non-hydrogen) atoms. The van der Waals surface area contributed by atoms with Crippen molar-refractivity contribution in [2.75, 3.05) is 34.0 Å². The topological polar surface area (TPSA) is 56.8 Å². The van der Waals surface area contributed by atoms with Gasteiger partial charge in [0.1, 0.15) is 11.5 Å². The summed E-state index contributed by atoms with van der Waals surface area (Å²) >= 11 is 6.06. The molecule has 3 rings (SSSR count). The summed E-state index contributed by atoms with van der Waals surface area (Å²) in [4.78, 5) is 12.9. The number of hydrogen-bond donors (Lipinski definition) is 1. The molecule has 150 valence electrons. The Labute approximate surface area is 170 Å². The van der Waals surface area contributed by atoms with Crippen molar-refractivity contribution in [2.24, 2.45) is 0 Å². The quantitative estimate of drug-likeness (QED) is 0.787. The van der Waals surface area contributed by atoms with Crippen molar-refractivity contribution in [2.45, 2.75) is 25.2 Å². The van der Waals surface area contributed by atoms with E-state index < -0.39 is 0 Å². The van der Waals surface area contributed by atoms with Gasteiger partial charge < -0.3 is 19.5 Å². The lowest BCUT2D eigenvalue weighted by Gasteiger charge is -2.38. The van der Waals surface area contributed by atoms with Gasteiger partial charge in [-0.05, 0) is 49.6 Å². The van der Waals surface area contributed by atoms with Crippen LogP contribution in [0.25, 0.3) is 0 Å². The number of nitrogens with one attached hydrogen (secondary N) is 1. The van der Waals surface area contributed by atoms with Crippen LogP contribution in [0.1, 0.15) is 34.3 Å². The van der Waals surface area contributed by atoms with Crippen LogP contribution < -0.4 is 14.8 Å². The Morgan fingerprint density at radius 1 is 1.11 bits per heavy atom. The molecule has 1 amide bonds. The van der Waals surface area contributed by atoms with E-state index in [4.69, 9.17) is 25.8 Å². The molecule has 0 aliphatic carbocycles. The summed E-state index contributed by atoms with van der Waals surface area (Å²) < 4.78 is 16.3. The van der Waals surface area contributed by atoms with Gasteiger partial charge in [-0.25, -0.2) is 0 Å². The van der Waals surface area contributed by atoms with E-state index in [1.54, 1.807) is 26.4 Å². The average molecular weight is 404 g/mol. The molecule has 1 saturated heterocycles. The third-order valence-electron chi connectivity index (χ3n) is 5.51. The van der Waals surface area contributed by atoms with Crippen molar-refractivity contribution < 1.29 is 19.0 Å². The van der Waals surface area contributed by atoms with Gasteiger partial charge in [-0.3, -0.25) is 4.79 Å². The van der Waals surface area contributed by atoms with Gasteiger partial charge >= 0.3 is 0 Å². The highest BCUT2D eigenvalue weighted by molar-refractivity contribution is 6.30. The third-order valence-corrected chi connectivity index (χ3v) is 5.76. The van der Waals surface area contributed by atoms with Crippen LogP contribution >= 0.6 is 11.6 Å². The fourth-order valence-electron chi connectivity index (χ4n) is 3.70. The molecule has 1 aliphatic heterocycles. The molecule has 0 unspecified atom stereocenters. The smallest absolute Gasteiger partial charge is 0.251 e. The van der Waals surface area contributed by atoms with E-state index in [9.17, 15) is 4.79 Å². The van der Waals surface area contributed by atoms with Crippen LogP contribution in [-0.4, -0.2) is 39.9 Å². The molecule has 1 fully saturated rings. The van der Waals surface area contributed by atoms with Crippen LogP contribution in [0.4, 0.5) is 0 Å². The van der Waals surface area contributed by atoms with Crippen molar-refractivity contribution in [3.05, 3.63) is 58.1 Å². The molecule has 0 saturated carbocycles. The highest BCUT2D eigenvalue weighted by Crippen LogP contribution is 2.35. The van der Waals surface area contributed by atoms with E-state index in [0.717, 1.165) is 18.4 Å². The van der Waals surface area contributed by atoms with E-state index >= 15 is 0 Å². The van der Waals surface area contributed by atoms with Crippen molar-refractivity contribution in [3.8, 4) is 11.5 Å². The number of carbonyl (C=O) groups excluding carboxylic acids is 1. The lowest BCUT2D eigenvalue weighted by Crippen LogP contribution is -2.44. The number of amides is 1. The van der Waals surface area contributed by atoms with Gasteiger partial charge in [-0.15, -0.1) is 0 Å². The second-order valence-electron chi connectivity index (χ2n) is 7.09. The second kappa shape index (κ2) is 8.84. The normalized spacial score (nSPS) is 15.7. The molecule has 5 nitrogen and oxygen atoms in total. The zero-order valence-corrected chi connectivity index (χ0v) is 17.3. The average Bonchev–Trinajstić information content (AvgIpc) is 2.73. The van der Waals surface area contributed by atoms with Gasteiger partial charge in [0.05, 0.1) is 14.2 Å². The standard InChI is InChI=1S/C22H26ClNO4/c1-15-19(26-2)12-16(13-20(15)27-3)21(25)24-14-22(8-10-28-11-9-22)17-4-6-18(23)7-5-17/h4-7,12-13H,8-11,14H2,1-3H3,(H,24,25). The Hall–Kier alpha value is -2.24. The number of carbonyl (C=O) groups is 1. The fourth-order valence-corrected chi connectivity index (χ4v) is 3.83. The van der Waals surface area contributed by atoms with Crippen LogP contribution in [0.3, 0.4) is 0 Å². The Morgan fingerprint density at radius 3 is 2.21 bits per heavy atom. The highest BCUT2D eigenvalue weighted by Gasteiger charge is 2.35. The summed E-state index contributed by atoms with van der Waals surface area (Å²) in [5, 5.41) is 3.81. The van der Waals surface area contributed by atoms with E-state index in [0.29, 0.717) is 41.8 Å². The Morgan fingerprint density at radius 2 is 1.68 bits per heavy atom. The van der Waals surface area contributed by atoms with E-state index in [2.05, 4.69) is 5.32 Å². The number of hydrogen-bond acceptors (Lipinski definition) is 4. The van der Waals surface area contributed by atoms with Crippen molar-refractivity contribution in [1.29, 1.82) is 0 Å². The van der Waals surface area contributed by atoms with Gasteiger partial charge in [0.25, 0.3) is 5.91 Å². The summed E-state index contributed by atoms with van der Waals surface area (Å²) in [5.74, 6) is 1.10. The Kier molecular flexibility index (Phi) is 6.47. The first kappa shape index (κ1) is 20.5. The summed E-state index contributed by atoms with van der Waals surface area (Å²) in [6.45, 7) is 3.77. The first-order chi connectivity index (χ1) is 13.5. The summed E-state index contributed by atoms with van der Waals surface area (Å²) in [6, 6.07) is 11.4. The molecule has 1 aliphatic rings. The fraction of sp³-hybridized carbons (Fsp3) is 0.409. The Bertz CT molecular complexity index is 804. The molecule has 0 bridgehead atoms. The van der Waals surface area contributed by atoms with Crippen molar-refractivity contribution in [3.63, 3.8) is 0 Å². The van der Waals surface area contributed by atoms with E-state index in [1.165, 1.54) is 5.56 Å². The SMILES string of the molecule is COc1cc(C(=O)NCC2(c3ccc(Cl)cc3)CCOCC2)cc(OC)c1C. The molecule has 2 aromatic carbocycles. The van der Waals surface area contributed by atoms with Gasteiger partial charge in [-0.1, -0.05) is 23.7 Å². The molecule has 1 N–H and O–H groups in total. The maximum atomic E-state index is 12.9. The summed E-state index contributed by atoms with van der Waals surface area (Å²) in [5.41, 5.74) is 2.37. The maximum absolute atomic E-state index is 12.9. The molecule has 0 spiro atoms. The minimum atomic E-state index is -0.169. The molecule has 0 radical (unpaired) electrons. The summed E-state index contributed by atoms with van der Waals surface area (Å²) in [7, 11) is 3.17. The number of ether oxygens (including phenoxy) is 3. The number of methoxy groups -OCH3 is 2. The maximum Gasteiger partial charge on any atom is 0.251 e. The molecule has 2 aromatic rings. The predicted octanol–water partition coefficient (Wildman–Crippen LogP) is 4.14. The van der Waals surface area contributed by atoms with Gasteiger partial charge in [-0.2, -0.15) is 0 Å². The van der Waals surface area contributed by atoms with Crippen LogP contribution in [-0.2, 0) is 10.2 Å². The lowest BCUT2D eigenvalue weighted by atomic mass is 9.74. The zero-order chi connectivity index (χ0) is 20.1. The van der Waals surface area contributed by atoms with Crippen LogP contribution in [0, 0.1) is 6.92 Å². The third kappa shape index (κ3) is 4.26. The highest BCUT2D eigenvalue weighted by atomic mass is 35.5. The van der Waals surface area contributed by atoms with Crippen LogP contribution in [0.5, 0.6) is 11.5 Å². The molecule has 0 atom stereocenters. The van der Waals surface area contributed by atoms with Crippen molar-refractivity contribution in [1.82, 2.24) is 5.32 Å². The number of halogens is 1. The molecule has 1 heterocycles. The number of rotatable bonds is 6. The second-order valence-corrected chi connectivity index (χ2v) is 7.52. The van der Waals surface area contributed by atoms with E-state index in [1.807, 2.05) is 31.2 Å². The molecular formula is C22H26ClNO4. The lowest BCUT2D eigenvalue weighted by molar-refractivity contribution is 0.0487. The molecular weight excluding hydrogens is 378 g/mol. The van der Waals surface area contributed by atoms with Crippen LogP contribution in [0.15, 0.2) is 36.4 Å². The van der Waals surface area contributed by atoms with Crippen molar-refractivity contribution >= 4 is 17.5 Å².